The van der Waals surface area contributed by atoms with Crippen molar-refractivity contribution in [2.45, 2.75) is 6.92 Å². The minimum absolute atomic E-state index is 0.252. The summed E-state index contributed by atoms with van der Waals surface area (Å²) < 4.78 is 0.857. The first-order valence-electron chi connectivity index (χ1n) is 6.07. The van der Waals surface area contributed by atoms with Gasteiger partial charge in [0.25, 0.3) is 5.91 Å². The van der Waals surface area contributed by atoms with Crippen molar-refractivity contribution in [1.82, 2.24) is 4.98 Å². The second-order valence-electron chi connectivity index (χ2n) is 4.01. The van der Waals surface area contributed by atoms with Gasteiger partial charge in [-0.25, -0.2) is 4.98 Å². The fourth-order valence-electron chi connectivity index (χ4n) is 1.68. The number of benzene rings is 1. The van der Waals surface area contributed by atoms with Gasteiger partial charge in [0.1, 0.15) is 5.82 Å². The zero-order chi connectivity index (χ0) is 14.5. The Bertz CT molecular complexity index is 634. The van der Waals surface area contributed by atoms with Crippen molar-refractivity contribution in [2.75, 3.05) is 17.2 Å². The molecule has 1 heterocycles. The molecule has 0 aliphatic heterocycles. The highest BCUT2D eigenvalue weighted by atomic mass is 79.9. The number of rotatable bonds is 4. The first-order chi connectivity index (χ1) is 9.61. The van der Waals surface area contributed by atoms with Crippen LogP contribution in [0.25, 0.3) is 0 Å². The lowest BCUT2D eigenvalue weighted by atomic mass is 10.2. The summed E-state index contributed by atoms with van der Waals surface area (Å²) in [6, 6.07) is 8.72. The number of nitrogens with one attached hydrogen (secondary N) is 2. The molecule has 0 spiro atoms. The monoisotopic (exact) mass is 353 g/mol. The van der Waals surface area contributed by atoms with Crippen molar-refractivity contribution in [3.8, 4) is 0 Å². The predicted octanol–water partition coefficient (Wildman–Crippen LogP) is 4.18. The molecule has 6 heteroatoms. The van der Waals surface area contributed by atoms with Gasteiger partial charge in [-0.2, -0.15) is 0 Å². The molecule has 2 rings (SSSR count). The zero-order valence-corrected chi connectivity index (χ0v) is 13.1. The second-order valence-corrected chi connectivity index (χ2v) is 5.33. The maximum atomic E-state index is 12.3. The number of carbonyl (C=O) groups excluding carboxylic acids is 1. The highest BCUT2D eigenvalue weighted by Gasteiger charge is 2.13. The van der Waals surface area contributed by atoms with Crippen LogP contribution in [0.4, 0.5) is 11.5 Å². The molecular formula is C14H13BrClN3O. The summed E-state index contributed by atoms with van der Waals surface area (Å²) in [7, 11) is 0. The molecule has 104 valence electrons. The molecule has 0 aliphatic rings. The van der Waals surface area contributed by atoms with Crippen molar-refractivity contribution in [3.05, 3.63) is 51.6 Å². The third-order valence-electron chi connectivity index (χ3n) is 2.58. The molecule has 0 atom stereocenters. The van der Waals surface area contributed by atoms with E-state index in [2.05, 4.69) is 31.5 Å². The maximum absolute atomic E-state index is 12.3. The Balaban J connectivity index is 2.24. The van der Waals surface area contributed by atoms with Gasteiger partial charge in [0.05, 0.1) is 16.3 Å². The van der Waals surface area contributed by atoms with Crippen LogP contribution >= 0.6 is 27.5 Å². The molecule has 2 aromatic rings. The molecule has 0 radical (unpaired) electrons. The summed E-state index contributed by atoms with van der Waals surface area (Å²) in [5, 5.41) is 6.31. The zero-order valence-electron chi connectivity index (χ0n) is 10.8. The first-order valence-corrected chi connectivity index (χ1v) is 7.24. The summed E-state index contributed by atoms with van der Waals surface area (Å²) in [5.74, 6) is 0.305. The van der Waals surface area contributed by atoms with Crippen LogP contribution in [0.15, 0.2) is 41.0 Å². The highest BCUT2D eigenvalue weighted by Crippen LogP contribution is 2.26. The average molecular weight is 355 g/mol. The van der Waals surface area contributed by atoms with Gasteiger partial charge in [0.2, 0.25) is 0 Å². The lowest BCUT2D eigenvalue weighted by Crippen LogP contribution is -2.15. The molecular weight excluding hydrogens is 342 g/mol. The van der Waals surface area contributed by atoms with Gasteiger partial charge in [-0.05, 0) is 37.3 Å². The molecule has 0 saturated carbocycles. The van der Waals surface area contributed by atoms with Gasteiger partial charge in [0.15, 0.2) is 0 Å². The van der Waals surface area contributed by atoms with E-state index in [1.54, 1.807) is 30.5 Å². The van der Waals surface area contributed by atoms with Crippen LogP contribution in [0.3, 0.4) is 0 Å². The number of nitrogens with zero attached hydrogens (tertiary/aromatic N) is 1. The molecule has 0 fully saturated rings. The number of amides is 1. The topological polar surface area (TPSA) is 54.0 Å². The molecule has 0 unspecified atom stereocenters. The number of halogens is 2. The quantitative estimate of drug-likeness (QED) is 0.866. The fourth-order valence-corrected chi connectivity index (χ4v) is 2.40. The van der Waals surface area contributed by atoms with E-state index in [9.17, 15) is 4.79 Å². The van der Waals surface area contributed by atoms with Crippen LogP contribution in [0.1, 0.15) is 17.3 Å². The summed E-state index contributed by atoms with van der Waals surface area (Å²) in [6.07, 6.45) is 1.64. The Morgan fingerprint density at radius 3 is 2.90 bits per heavy atom. The van der Waals surface area contributed by atoms with Gasteiger partial charge < -0.3 is 10.6 Å². The smallest absolute Gasteiger partial charge is 0.259 e. The lowest BCUT2D eigenvalue weighted by molar-refractivity contribution is 0.102. The molecule has 0 bridgehead atoms. The van der Waals surface area contributed by atoms with Gasteiger partial charge in [-0.1, -0.05) is 27.5 Å². The molecule has 1 aromatic carbocycles. The SMILES string of the molecule is CCNc1ncccc1C(=O)Nc1ccc(Br)cc1Cl. The third-order valence-corrected chi connectivity index (χ3v) is 3.38. The predicted molar refractivity (Wildman–Crippen MR) is 85.5 cm³/mol. The Kier molecular flexibility index (Phi) is 4.98. The molecule has 2 N–H and O–H groups in total. The van der Waals surface area contributed by atoms with Crippen LogP contribution in [0.5, 0.6) is 0 Å². The molecule has 0 aliphatic carbocycles. The standard InChI is InChI=1S/C14H13BrClN3O/c1-2-17-13-10(4-3-7-18-13)14(20)19-12-6-5-9(15)8-11(12)16/h3-8H,2H2,1H3,(H,17,18)(H,19,20). The van der Waals surface area contributed by atoms with Crippen molar-refractivity contribution >= 4 is 44.9 Å². The summed E-state index contributed by atoms with van der Waals surface area (Å²) >= 11 is 9.41. The van der Waals surface area contributed by atoms with Gasteiger partial charge >= 0.3 is 0 Å². The van der Waals surface area contributed by atoms with E-state index >= 15 is 0 Å². The minimum atomic E-state index is -0.252. The second kappa shape index (κ2) is 6.72. The Hall–Kier alpha value is -1.59. The van der Waals surface area contributed by atoms with E-state index < -0.39 is 0 Å². The van der Waals surface area contributed by atoms with E-state index in [-0.39, 0.29) is 5.91 Å². The van der Waals surface area contributed by atoms with Crippen molar-refractivity contribution in [2.24, 2.45) is 0 Å². The highest BCUT2D eigenvalue weighted by molar-refractivity contribution is 9.10. The van der Waals surface area contributed by atoms with E-state index in [0.717, 1.165) is 4.47 Å². The molecule has 4 nitrogen and oxygen atoms in total. The number of hydrogen-bond donors (Lipinski definition) is 2. The van der Waals surface area contributed by atoms with E-state index in [1.807, 2.05) is 13.0 Å². The number of carbonyl (C=O) groups is 1. The normalized spacial score (nSPS) is 10.2. The average Bonchev–Trinajstić information content (AvgIpc) is 2.43. The summed E-state index contributed by atoms with van der Waals surface area (Å²) in [4.78, 5) is 16.4. The number of hydrogen-bond acceptors (Lipinski definition) is 3. The number of anilines is 2. The van der Waals surface area contributed by atoms with Crippen LogP contribution in [-0.2, 0) is 0 Å². The van der Waals surface area contributed by atoms with Gasteiger partial charge in [-0.15, -0.1) is 0 Å². The largest absolute Gasteiger partial charge is 0.370 e. The number of aromatic nitrogens is 1. The van der Waals surface area contributed by atoms with Gasteiger partial charge in [-0.3, -0.25) is 4.79 Å². The van der Waals surface area contributed by atoms with Crippen LogP contribution in [0, 0.1) is 0 Å². The first kappa shape index (κ1) is 14.8. The van der Waals surface area contributed by atoms with Crippen LogP contribution in [0.2, 0.25) is 5.02 Å². The van der Waals surface area contributed by atoms with E-state index in [0.29, 0.717) is 28.6 Å². The Labute approximate surface area is 130 Å². The van der Waals surface area contributed by atoms with Crippen LogP contribution < -0.4 is 10.6 Å². The third kappa shape index (κ3) is 3.49. The van der Waals surface area contributed by atoms with E-state index in [4.69, 9.17) is 11.6 Å². The minimum Gasteiger partial charge on any atom is -0.370 e. The lowest BCUT2D eigenvalue weighted by Gasteiger charge is -2.11. The van der Waals surface area contributed by atoms with Crippen molar-refractivity contribution in [1.29, 1.82) is 0 Å². The Morgan fingerprint density at radius 1 is 1.40 bits per heavy atom. The summed E-state index contributed by atoms with van der Waals surface area (Å²) in [6.45, 7) is 2.64. The van der Waals surface area contributed by atoms with Gasteiger partial charge in [0, 0.05) is 17.2 Å². The molecule has 20 heavy (non-hydrogen) atoms. The van der Waals surface area contributed by atoms with Crippen LogP contribution in [-0.4, -0.2) is 17.4 Å². The Morgan fingerprint density at radius 2 is 2.20 bits per heavy atom. The maximum Gasteiger partial charge on any atom is 0.259 e. The summed E-state index contributed by atoms with van der Waals surface area (Å²) in [5.41, 5.74) is 1.04. The molecule has 1 amide bonds. The number of pyridine rings is 1. The molecule has 0 saturated heterocycles. The van der Waals surface area contributed by atoms with E-state index in [1.165, 1.54) is 0 Å². The van der Waals surface area contributed by atoms with Crippen molar-refractivity contribution in [3.63, 3.8) is 0 Å². The van der Waals surface area contributed by atoms with Crippen molar-refractivity contribution < 1.29 is 4.79 Å². The molecule has 1 aromatic heterocycles. The fraction of sp³-hybridized carbons (Fsp3) is 0.143.